The molecule has 1 amide bonds. The molecule has 7 nitrogen and oxygen atoms in total. The lowest BCUT2D eigenvalue weighted by molar-refractivity contribution is -0.112. The lowest BCUT2D eigenvalue weighted by Crippen LogP contribution is -2.12. The molecule has 0 fully saturated rings. The molecule has 1 aromatic carbocycles. The zero-order valence-corrected chi connectivity index (χ0v) is 16.0. The first-order chi connectivity index (χ1) is 13.4. The van der Waals surface area contributed by atoms with Crippen LogP contribution in [0.5, 0.6) is 0 Å². The van der Waals surface area contributed by atoms with Gasteiger partial charge in [0.2, 0.25) is 0 Å². The molecule has 0 unspecified atom stereocenters. The Labute approximate surface area is 162 Å². The zero-order valence-electron chi connectivity index (χ0n) is 16.0. The number of H-pyrrole nitrogens is 1. The van der Waals surface area contributed by atoms with Crippen LogP contribution in [0.15, 0.2) is 42.1 Å². The Balaban J connectivity index is 2.10. The number of benzene rings is 1. The van der Waals surface area contributed by atoms with E-state index in [1.807, 2.05) is 26.0 Å². The van der Waals surface area contributed by atoms with E-state index in [0.717, 1.165) is 6.42 Å². The van der Waals surface area contributed by atoms with Crippen molar-refractivity contribution in [2.75, 3.05) is 5.32 Å². The van der Waals surface area contributed by atoms with Gasteiger partial charge in [0.25, 0.3) is 5.91 Å². The number of carbonyl (C=O) groups is 2. The SMILES string of the molecule is CC/C=C(\C)C(=O)Nc1cccc(-c2nc(CC)nc3[nH]cc(C(=O)O)c23)c1. The third-order valence-corrected chi connectivity index (χ3v) is 4.39. The number of hydrogen-bond donors (Lipinski definition) is 3. The van der Waals surface area contributed by atoms with Crippen LogP contribution in [0.4, 0.5) is 5.69 Å². The Hall–Kier alpha value is -3.48. The highest BCUT2D eigenvalue weighted by molar-refractivity contribution is 6.08. The van der Waals surface area contributed by atoms with Gasteiger partial charge in [0.1, 0.15) is 11.5 Å². The van der Waals surface area contributed by atoms with Crippen molar-refractivity contribution in [3.63, 3.8) is 0 Å². The van der Waals surface area contributed by atoms with Gasteiger partial charge in [-0.1, -0.05) is 32.1 Å². The Morgan fingerprint density at radius 1 is 1.25 bits per heavy atom. The van der Waals surface area contributed by atoms with Crippen LogP contribution in [-0.4, -0.2) is 31.9 Å². The molecule has 0 atom stereocenters. The Kier molecular flexibility index (Phi) is 5.54. The number of carbonyl (C=O) groups excluding carboxylic acids is 1. The standard InChI is InChI=1S/C21H22N4O3/c1-4-7-12(3)20(26)23-14-9-6-8-13(10-14)18-17-15(21(27)28)11-22-19(17)25-16(5-2)24-18/h6-11H,4-5H2,1-3H3,(H,23,26)(H,27,28)(H,22,24,25)/b12-7+. The molecule has 0 radical (unpaired) electrons. The van der Waals surface area contributed by atoms with Gasteiger partial charge in [-0.2, -0.15) is 0 Å². The van der Waals surface area contributed by atoms with Gasteiger partial charge in [-0.15, -0.1) is 0 Å². The minimum absolute atomic E-state index is 0.115. The third kappa shape index (κ3) is 3.78. The number of anilines is 1. The van der Waals surface area contributed by atoms with E-state index in [4.69, 9.17) is 0 Å². The van der Waals surface area contributed by atoms with Gasteiger partial charge >= 0.3 is 5.97 Å². The quantitative estimate of drug-likeness (QED) is 0.558. The monoisotopic (exact) mass is 378 g/mol. The van der Waals surface area contributed by atoms with Gasteiger partial charge in [0.05, 0.1) is 16.6 Å². The van der Waals surface area contributed by atoms with Crippen LogP contribution in [0.2, 0.25) is 0 Å². The molecule has 7 heteroatoms. The molecule has 0 saturated carbocycles. The number of hydrogen-bond acceptors (Lipinski definition) is 4. The lowest BCUT2D eigenvalue weighted by Gasteiger charge is -2.10. The Bertz CT molecular complexity index is 1080. The van der Waals surface area contributed by atoms with Crippen molar-refractivity contribution in [2.24, 2.45) is 0 Å². The van der Waals surface area contributed by atoms with Gasteiger partial charge in [-0.05, 0) is 25.5 Å². The summed E-state index contributed by atoms with van der Waals surface area (Å²) in [6.07, 6.45) is 4.68. The van der Waals surface area contributed by atoms with Crippen molar-refractivity contribution in [3.05, 3.63) is 53.5 Å². The molecule has 3 rings (SSSR count). The molecule has 0 bridgehead atoms. The van der Waals surface area contributed by atoms with E-state index >= 15 is 0 Å². The number of aromatic nitrogens is 3. The van der Waals surface area contributed by atoms with Crippen LogP contribution in [0.3, 0.4) is 0 Å². The fraction of sp³-hybridized carbons (Fsp3) is 0.238. The molecule has 144 valence electrons. The summed E-state index contributed by atoms with van der Waals surface area (Å²) in [7, 11) is 0. The number of allylic oxidation sites excluding steroid dienone is 1. The summed E-state index contributed by atoms with van der Waals surface area (Å²) in [6, 6.07) is 7.21. The summed E-state index contributed by atoms with van der Waals surface area (Å²) in [5, 5.41) is 12.8. The number of aromatic amines is 1. The minimum Gasteiger partial charge on any atom is -0.478 e. The van der Waals surface area contributed by atoms with Crippen molar-refractivity contribution >= 4 is 28.6 Å². The highest BCUT2D eigenvalue weighted by Crippen LogP contribution is 2.30. The lowest BCUT2D eigenvalue weighted by atomic mass is 10.1. The average Bonchev–Trinajstić information content (AvgIpc) is 3.11. The molecule has 3 N–H and O–H groups in total. The van der Waals surface area contributed by atoms with Crippen molar-refractivity contribution in [2.45, 2.75) is 33.6 Å². The summed E-state index contributed by atoms with van der Waals surface area (Å²) in [5.41, 5.74) is 3.09. The average molecular weight is 378 g/mol. The summed E-state index contributed by atoms with van der Waals surface area (Å²) in [4.78, 5) is 35.8. The number of rotatable bonds is 6. The van der Waals surface area contributed by atoms with Gasteiger partial charge < -0.3 is 15.4 Å². The smallest absolute Gasteiger partial charge is 0.338 e. The van der Waals surface area contributed by atoms with Crippen molar-refractivity contribution in [1.82, 2.24) is 15.0 Å². The second-order valence-corrected chi connectivity index (χ2v) is 6.40. The van der Waals surface area contributed by atoms with Crippen LogP contribution in [0.25, 0.3) is 22.3 Å². The normalized spacial score (nSPS) is 11.6. The molecule has 3 aromatic rings. The van der Waals surface area contributed by atoms with Crippen LogP contribution in [-0.2, 0) is 11.2 Å². The maximum Gasteiger partial charge on any atom is 0.338 e. The number of aromatic carboxylic acids is 1. The number of carboxylic acids is 1. The fourth-order valence-corrected chi connectivity index (χ4v) is 2.99. The summed E-state index contributed by atoms with van der Waals surface area (Å²) >= 11 is 0. The predicted octanol–water partition coefficient (Wildman–Crippen LogP) is 4.18. The van der Waals surface area contributed by atoms with Crippen molar-refractivity contribution in [3.8, 4) is 11.3 Å². The van der Waals surface area contributed by atoms with E-state index in [9.17, 15) is 14.7 Å². The van der Waals surface area contributed by atoms with Crippen LogP contribution in [0.1, 0.15) is 43.4 Å². The number of amides is 1. The number of carboxylic acid groups (broad SMARTS) is 1. The topological polar surface area (TPSA) is 108 Å². The van der Waals surface area contributed by atoms with Crippen LogP contribution >= 0.6 is 0 Å². The summed E-state index contributed by atoms with van der Waals surface area (Å²) in [5.74, 6) is -0.614. The molecule has 0 aliphatic carbocycles. The fourth-order valence-electron chi connectivity index (χ4n) is 2.99. The van der Waals surface area contributed by atoms with E-state index in [-0.39, 0.29) is 11.5 Å². The molecular weight excluding hydrogens is 356 g/mol. The maximum atomic E-state index is 12.3. The van der Waals surface area contributed by atoms with Gasteiger partial charge in [0.15, 0.2) is 0 Å². The molecule has 0 saturated heterocycles. The second kappa shape index (κ2) is 8.04. The molecule has 28 heavy (non-hydrogen) atoms. The number of fused-ring (bicyclic) bond motifs is 1. The van der Waals surface area contributed by atoms with E-state index < -0.39 is 5.97 Å². The molecule has 0 aliphatic rings. The van der Waals surface area contributed by atoms with Crippen LogP contribution in [0, 0.1) is 0 Å². The molecule has 2 aromatic heterocycles. The summed E-state index contributed by atoms with van der Waals surface area (Å²) in [6.45, 7) is 5.68. The highest BCUT2D eigenvalue weighted by atomic mass is 16.4. The van der Waals surface area contributed by atoms with E-state index in [1.54, 1.807) is 25.1 Å². The molecule has 2 heterocycles. The van der Waals surface area contributed by atoms with Gasteiger partial charge in [-0.25, -0.2) is 14.8 Å². The number of aryl methyl sites for hydroxylation is 1. The first-order valence-electron chi connectivity index (χ1n) is 9.14. The maximum absolute atomic E-state index is 12.3. The van der Waals surface area contributed by atoms with E-state index in [2.05, 4.69) is 20.3 Å². The molecule has 0 spiro atoms. The van der Waals surface area contributed by atoms with Crippen molar-refractivity contribution < 1.29 is 14.7 Å². The summed E-state index contributed by atoms with van der Waals surface area (Å²) < 4.78 is 0. The molecule has 0 aliphatic heterocycles. The third-order valence-electron chi connectivity index (χ3n) is 4.39. The number of nitrogens with one attached hydrogen (secondary N) is 2. The van der Waals surface area contributed by atoms with Gasteiger partial charge in [-0.3, -0.25) is 4.79 Å². The number of nitrogens with zero attached hydrogens (tertiary/aromatic N) is 2. The first-order valence-corrected chi connectivity index (χ1v) is 9.14. The first kappa shape index (κ1) is 19.3. The predicted molar refractivity (Wildman–Crippen MR) is 108 cm³/mol. The molecular formula is C21H22N4O3. The Morgan fingerprint density at radius 3 is 2.71 bits per heavy atom. The van der Waals surface area contributed by atoms with Crippen LogP contribution < -0.4 is 5.32 Å². The minimum atomic E-state index is -1.05. The largest absolute Gasteiger partial charge is 0.478 e. The zero-order chi connectivity index (χ0) is 20.3. The van der Waals surface area contributed by atoms with Crippen molar-refractivity contribution in [1.29, 1.82) is 0 Å². The van der Waals surface area contributed by atoms with E-state index in [1.165, 1.54) is 6.20 Å². The van der Waals surface area contributed by atoms with Gasteiger partial charge in [0, 0.05) is 29.4 Å². The highest BCUT2D eigenvalue weighted by Gasteiger charge is 2.19. The Morgan fingerprint density at radius 2 is 2.04 bits per heavy atom. The van der Waals surface area contributed by atoms with E-state index in [0.29, 0.717) is 45.8 Å². The second-order valence-electron chi connectivity index (χ2n) is 6.40.